The number of amides is 1. The quantitative estimate of drug-likeness (QED) is 0.862. The molecule has 1 aromatic rings. The number of hydrogen-bond acceptors (Lipinski definition) is 3. The van der Waals surface area contributed by atoms with Crippen LogP contribution in [0.2, 0.25) is 5.15 Å². The lowest BCUT2D eigenvalue weighted by Crippen LogP contribution is -2.37. The van der Waals surface area contributed by atoms with E-state index in [4.69, 9.17) is 16.9 Å². The van der Waals surface area contributed by atoms with Gasteiger partial charge in [-0.25, -0.2) is 4.98 Å². The van der Waals surface area contributed by atoms with E-state index >= 15 is 0 Å². The Morgan fingerprint density at radius 3 is 2.67 bits per heavy atom. The van der Waals surface area contributed by atoms with Crippen LogP contribution in [-0.2, 0) is 0 Å². The van der Waals surface area contributed by atoms with Crippen LogP contribution in [0.3, 0.4) is 0 Å². The first-order valence-electron chi connectivity index (χ1n) is 4.70. The van der Waals surface area contributed by atoms with Gasteiger partial charge in [0.2, 0.25) is 0 Å². The molecule has 0 saturated heterocycles. The average molecular weight is 278 g/mol. The molecule has 1 rings (SSSR count). The highest BCUT2D eigenvalue weighted by Gasteiger charge is 2.32. The van der Waals surface area contributed by atoms with Crippen molar-refractivity contribution in [3.63, 3.8) is 0 Å². The number of nitrogens with zero attached hydrogens (tertiary/aromatic N) is 2. The first kappa shape index (κ1) is 14.3. The molecule has 1 N–H and O–H groups in total. The summed E-state index contributed by atoms with van der Waals surface area (Å²) in [6.45, 7) is 0. The summed E-state index contributed by atoms with van der Waals surface area (Å²) in [6, 6.07) is 2.36. The number of nitriles is 1. The topological polar surface area (TPSA) is 65.8 Å². The van der Waals surface area contributed by atoms with Crippen LogP contribution < -0.4 is 5.32 Å². The van der Waals surface area contributed by atoms with Gasteiger partial charge < -0.3 is 5.32 Å². The van der Waals surface area contributed by atoms with Crippen molar-refractivity contribution in [1.82, 2.24) is 10.3 Å². The molecule has 1 aromatic heterocycles. The van der Waals surface area contributed by atoms with Crippen LogP contribution in [0.5, 0.6) is 0 Å². The molecular formula is C10H7ClF3N3O. The van der Waals surface area contributed by atoms with Gasteiger partial charge in [-0.2, -0.15) is 18.4 Å². The Kier molecular flexibility index (Phi) is 4.50. The maximum absolute atomic E-state index is 12.1. The van der Waals surface area contributed by atoms with Crippen molar-refractivity contribution in [2.45, 2.75) is 18.6 Å². The molecule has 0 aliphatic carbocycles. The molecule has 96 valence electrons. The fraction of sp³-hybridized carbons (Fsp3) is 0.300. The van der Waals surface area contributed by atoms with Crippen LogP contribution in [0.4, 0.5) is 13.2 Å². The van der Waals surface area contributed by atoms with E-state index in [1.165, 1.54) is 18.2 Å². The second-order valence-corrected chi connectivity index (χ2v) is 3.73. The Balaban J connectivity index is 2.69. The van der Waals surface area contributed by atoms with Gasteiger partial charge in [-0.15, -0.1) is 0 Å². The van der Waals surface area contributed by atoms with Crippen LogP contribution in [0.25, 0.3) is 0 Å². The Hall–Kier alpha value is -1.81. The zero-order valence-corrected chi connectivity index (χ0v) is 9.59. The Labute approximate surface area is 105 Å². The fourth-order valence-corrected chi connectivity index (χ4v) is 1.22. The highest BCUT2D eigenvalue weighted by molar-refractivity contribution is 6.29. The fourth-order valence-electron chi connectivity index (χ4n) is 1.11. The van der Waals surface area contributed by atoms with Crippen molar-refractivity contribution in [3.05, 3.63) is 29.0 Å². The van der Waals surface area contributed by atoms with Crippen molar-refractivity contribution >= 4 is 17.5 Å². The molecule has 8 heteroatoms. The van der Waals surface area contributed by atoms with E-state index in [0.717, 1.165) is 6.20 Å². The molecule has 4 nitrogen and oxygen atoms in total. The first-order chi connectivity index (χ1) is 8.31. The van der Waals surface area contributed by atoms with Gasteiger partial charge in [0.25, 0.3) is 5.91 Å². The molecule has 0 aliphatic rings. The Morgan fingerprint density at radius 1 is 1.56 bits per heavy atom. The Morgan fingerprint density at radius 2 is 2.22 bits per heavy atom. The number of alkyl halides is 3. The molecule has 0 bridgehead atoms. The summed E-state index contributed by atoms with van der Waals surface area (Å²) in [7, 11) is 0. The SMILES string of the molecule is N#C[C@@H](CC(F)(F)F)NC(=O)c1ccc(Cl)nc1. The van der Waals surface area contributed by atoms with E-state index in [-0.39, 0.29) is 10.7 Å². The number of hydrogen-bond donors (Lipinski definition) is 1. The highest BCUT2D eigenvalue weighted by Crippen LogP contribution is 2.21. The van der Waals surface area contributed by atoms with E-state index in [1.807, 2.05) is 5.32 Å². The number of halogens is 4. The van der Waals surface area contributed by atoms with Crippen LogP contribution >= 0.6 is 11.6 Å². The number of rotatable bonds is 3. The molecule has 0 fully saturated rings. The van der Waals surface area contributed by atoms with Crippen molar-refractivity contribution in [2.75, 3.05) is 0 Å². The lowest BCUT2D eigenvalue weighted by atomic mass is 10.2. The number of carbonyl (C=O) groups excluding carboxylic acids is 1. The van der Waals surface area contributed by atoms with Crippen LogP contribution in [0.15, 0.2) is 18.3 Å². The normalized spacial score (nSPS) is 12.6. The smallest absolute Gasteiger partial charge is 0.336 e. The Bertz CT molecular complexity index is 467. The third-order valence-corrected chi connectivity index (χ3v) is 2.11. The molecular weight excluding hydrogens is 271 g/mol. The van der Waals surface area contributed by atoms with Gasteiger partial charge in [0, 0.05) is 6.20 Å². The molecule has 0 saturated carbocycles. The number of carbonyl (C=O) groups is 1. The van der Waals surface area contributed by atoms with E-state index in [0.29, 0.717) is 0 Å². The van der Waals surface area contributed by atoms with E-state index in [2.05, 4.69) is 4.98 Å². The molecule has 1 amide bonds. The summed E-state index contributed by atoms with van der Waals surface area (Å²) in [6.07, 6.45) is -4.82. The molecule has 0 aromatic carbocycles. The van der Waals surface area contributed by atoms with Gasteiger partial charge in [0.1, 0.15) is 11.2 Å². The molecule has 1 heterocycles. The summed E-state index contributed by atoms with van der Waals surface area (Å²) in [5.41, 5.74) is 0.0295. The predicted octanol–water partition coefficient (Wildman–Crippen LogP) is 2.31. The van der Waals surface area contributed by atoms with Gasteiger partial charge in [-0.3, -0.25) is 4.79 Å². The summed E-state index contributed by atoms with van der Waals surface area (Å²) < 4.78 is 36.2. The monoisotopic (exact) mass is 277 g/mol. The molecule has 0 radical (unpaired) electrons. The van der Waals surface area contributed by atoms with Crippen molar-refractivity contribution in [2.24, 2.45) is 0 Å². The maximum atomic E-state index is 12.1. The van der Waals surface area contributed by atoms with Crippen LogP contribution in [0, 0.1) is 11.3 Å². The van der Waals surface area contributed by atoms with Crippen molar-refractivity contribution < 1.29 is 18.0 Å². The first-order valence-corrected chi connectivity index (χ1v) is 5.08. The lowest BCUT2D eigenvalue weighted by Gasteiger charge is -2.13. The van der Waals surface area contributed by atoms with Gasteiger partial charge in [-0.05, 0) is 12.1 Å². The molecule has 1 atom stereocenters. The minimum absolute atomic E-state index is 0.0295. The number of nitrogens with one attached hydrogen (secondary N) is 1. The summed E-state index contributed by atoms with van der Waals surface area (Å²) >= 11 is 5.49. The summed E-state index contributed by atoms with van der Waals surface area (Å²) in [5, 5.41) is 10.6. The standard InChI is InChI=1S/C10H7ClF3N3O/c11-8-2-1-6(5-16-8)9(18)17-7(4-15)3-10(12,13)14/h1-2,5,7H,3H2,(H,17,18)/t7-/m1/s1. The van der Waals surface area contributed by atoms with Gasteiger partial charge in [-0.1, -0.05) is 11.6 Å². The molecule has 0 unspecified atom stereocenters. The minimum atomic E-state index is -4.52. The third kappa shape index (κ3) is 4.59. The predicted molar refractivity (Wildman–Crippen MR) is 56.8 cm³/mol. The second kappa shape index (κ2) is 5.69. The highest BCUT2D eigenvalue weighted by atomic mass is 35.5. The molecule has 18 heavy (non-hydrogen) atoms. The lowest BCUT2D eigenvalue weighted by molar-refractivity contribution is -0.136. The minimum Gasteiger partial charge on any atom is -0.336 e. The molecule has 0 spiro atoms. The second-order valence-electron chi connectivity index (χ2n) is 3.34. The van der Waals surface area contributed by atoms with Crippen molar-refractivity contribution in [3.8, 4) is 6.07 Å². The third-order valence-electron chi connectivity index (χ3n) is 1.89. The van der Waals surface area contributed by atoms with E-state index in [9.17, 15) is 18.0 Å². The largest absolute Gasteiger partial charge is 0.392 e. The van der Waals surface area contributed by atoms with E-state index < -0.39 is 24.5 Å². The molecule has 0 aliphatic heterocycles. The zero-order valence-electron chi connectivity index (χ0n) is 8.83. The van der Waals surface area contributed by atoms with E-state index in [1.54, 1.807) is 0 Å². The van der Waals surface area contributed by atoms with Crippen LogP contribution in [0.1, 0.15) is 16.8 Å². The number of aromatic nitrogens is 1. The van der Waals surface area contributed by atoms with Crippen LogP contribution in [-0.4, -0.2) is 23.1 Å². The van der Waals surface area contributed by atoms with Gasteiger partial charge in [0.05, 0.1) is 18.1 Å². The summed E-state index contributed by atoms with van der Waals surface area (Å²) in [5.74, 6) is -0.810. The zero-order chi connectivity index (χ0) is 13.8. The summed E-state index contributed by atoms with van der Waals surface area (Å²) in [4.78, 5) is 15.1. The number of pyridine rings is 1. The van der Waals surface area contributed by atoms with Gasteiger partial charge in [0.15, 0.2) is 0 Å². The average Bonchev–Trinajstić information content (AvgIpc) is 2.27. The van der Waals surface area contributed by atoms with Gasteiger partial charge >= 0.3 is 6.18 Å². The van der Waals surface area contributed by atoms with Crippen molar-refractivity contribution in [1.29, 1.82) is 5.26 Å². The maximum Gasteiger partial charge on any atom is 0.392 e.